The molecule has 1 aromatic carbocycles. The fraction of sp³-hybridized carbons (Fsp3) is 0.630. The molecule has 3 atom stereocenters. The molecule has 1 amide bonds. The molecule has 0 unspecified atom stereocenters. The molecular weight excluding hydrogens is 426 g/mol. The maximum absolute atomic E-state index is 13.9. The van der Waals surface area contributed by atoms with Gasteiger partial charge in [0, 0.05) is 24.3 Å². The quantitative estimate of drug-likeness (QED) is 0.640. The number of benzene rings is 1. The maximum Gasteiger partial charge on any atom is 0.226 e. The molecule has 4 rings (SSSR count). The minimum atomic E-state index is -0.240. The van der Waals surface area contributed by atoms with Crippen molar-refractivity contribution in [1.29, 1.82) is 5.26 Å². The fourth-order valence-corrected chi connectivity index (χ4v) is 5.79. The van der Waals surface area contributed by atoms with Gasteiger partial charge in [0.2, 0.25) is 5.91 Å². The highest BCUT2D eigenvalue weighted by Gasteiger charge is 2.39. The Morgan fingerprint density at radius 1 is 1.21 bits per heavy atom. The first-order valence-corrected chi connectivity index (χ1v) is 12.8. The molecule has 2 heterocycles. The van der Waals surface area contributed by atoms with Gasteiger partial charge in [-0.15, -0.1) is 0 Å². The Kier molecular flexibility index (Phi) is 7.67. The Hall–Kier alpha value is -2.72. The van der Waals surface area contributed by atoms with Crippen molar-refractivity contribution >= 4 is 22.6 Å². The predicted molar refractivity (Wildman–Crippen MR) is 132 cm³/mol. The topological polar surface area (TPSA) is 91.0 Å². The number of Topliss-reactive ketones (excluding diaryl/α,β-unsaturated/α-hetero) is 1. The molecular formula is C27H37N5O2. The third-order valence-electron chi connectivity index (χ3n) is 7.93. The van der Waals surface area contributed by atoms with Crippen molar-refractivity contribution in [3.05, 3.63) is 29.5 Å². The number of nitrogens with zero attached hydrogens (tertiary/aromatic N) is 4. The first kappa shape index (κ1) is 24.4. The first-order chi connectivity index (χ1) is 16.4. The molecule has 1 saturated heterocycles. The van der Waals surface area contributed by atoms with Gasteiger partial charge >= 0.3 is 0 Å². The second kappa shape index (κ2) is 10.7. The van der Waals surface area contributed by atoms with Crippen LogP contribution in [0.4, 0.5) is 0 Å². The summed E-state index contributed by atoms with van der Waals surface area (Å²) in [5, 5.41) is 18.1. The second-order valence-electron chi connectivity index (χ2n) is 10.2. The Morgan fingerprint density at radius 3 is 2.68 bits per heavy atom. The van der Waals surface area contributed by atoms with Gasteiger partial charge in [-0.05, 0) is 64.6 Å². The molecule has 2 aliphatic rings. The van der Waals surface area contributed by atoms with Crippen LogP contribution < -0.4 is 5.32 Å². The molecule has 1 aliphatic carbocycles. The van der Waals surface area contributed by atoms with Gasteiger partial charge in [-0.3, -0.25) is 14.3 Å². The number of ketones is 1. The van der Waals surface area contributed by atoms with E-state index in [-0.39, 0.29) is 35.6 Å². The average molecular weight is 464 g/mol. The van der Waals surface area contributed by atoms with Gasteiger partial charge in [-0.25, -0.2) is 0 Å². The largest absolute Gasteiger partial charge is 0.338 e. The number of fused-ring (bicyclic) bond motifs is 1. The number of hydrogen-bond donors (Lipinski definition) is 1. The van der Waals surface area contributed by atoms with Crippen LogP contribution in [-0.2, 0) is 16.1 Å². The molecule has 7 heteroatoms. The predicted octanol–water partition coefficient (Wildman–Crippen LogP) is 3.97. The summed E-state index contributed by atoms with van der Waals surface area (Å²) in [6.45, 7) is 5.19. The molecule has 182 valence electrons. The highest BCUT2D eigenvalue weighted by Crippen LogP contribution is 2.35. The zero-order valence-corrected chi connectivity index (χ0v) is 20.7. The summed E-state index contributed by atoms with van der Waals surface area (Å²) in [5.41, 5.74) is 2.46. The number of carbonyl (C=O) groups excluding carboxylic acids is 2. The Labute approximate surface area is 202 Å². The van der Waals surface area contributed by atoms with Crippen LogP contribution in [0.1, 0.15) is 69.5 Å². The third-order valence-corrected chi connectivity index (χ3v) is 7.93. The standard InChI is InChI=1S/C27H37N5O2/c1-18-11-12-25-23(14-18)24(16-28)30-32(25)17-21-10-7-13-31(21)27(34)22(15-26(33)19(2)29-3)20-8-5-4-6-9-20/h11-12,14,19-22,29H,4-10,13,15,17H2,1-3H3/t19-,21-,22-/m0/s1. The number of rotatable bonds is 8. The Bertz CT molecular complexity index is 1080. The average Bonchev–Trinajstić information content (AvgIpc) is 3.46. The first-order valence-electron chi connectivity index (χ1n) is 12.8. The molecule has 0 bridgehead atoms. The number of nitrogens with one attached hydrogen (secondary N) is 1. The van der Waals surface area contributed by atoms with Crippen molar-refractivity contribution in [2.45, 2.75) is 83.8 Å². The lowest BCUT2D eigenvalue weighted by molar-refractivity contribution is -0.141. The van der Waals surface area contributed by atoms with Crippen LogP contribution in [-0.4, -0.2) is 52.0 Å². The van der Waals surface area contributed by atoms with Crippen LogP contribution in [0.3, 0.4) is 0 Å². The lowest BCUT2D eigenvalue weighted by Crippen LogP contribution is -2.45. The minimum absolute atomic E-state index is 0.0337. The molecule has 1 aliphatic heterocycles. The normalized spacial score (nSPS) is 20.9. The van der Waals surface area contributed by atoms with Crippen LogP contribution >= 0.6 is 0 Å². The van der Waals surface area contributed by atoms with E-state index in [0.717, 1.165) is 61.5 Å². The molecule has 1 aromatic heterocycles. The fourth-order valence-electron chi connectivity index (χ4n) is 5.79. The van der Waals surface area contributed by atoms with Gasteiger partial charge in [0.1, 0.15) is 11.9 Å². The van der Waals surface area contributed by atoms with E-state index in [0.29, 0.717) is 18.7 Å². The van der Waals surface area contributed by atoms with Crippen LogP contribution in [0.5, 0.6) is 0 Å². The summed E-state index contributed by atoms with van der Waals surface area (Å²) in [6, 6.07) is 8.07. The van der Waals surface area contributed by atoms with Gasteiger partial charge < -0.3 is 10.2 Å². The molecule has 0 spiro atoms. The van der Waals surface area contributed by atoms with E-state index in [4.69, 9.17) is 0 Å². The summed E-state index contributed by atoms with van der Waals surface area (Å²) in [5.74, 6) is 0.304. The summed E-state index contributed by atoms with van der Waals surface area (Å²) >= 11 is 0. The molecule has 2 fully saturated rings. The van der Waals surface area contributed by atoms with Crippen LogP contribution in [0.25, 0.3) is 10.9 Å². The van der Waals surface area contributed by atoms with Gasteiger partial charge in [-0.1, -0.05) is 30.9 Å². The summed E-state index contributed by atoms with van der Waals surface area (Å²) in [7, 11) is 1.79. The molecule has 2 aromatic rings. The number of amides is 1. The van der Waals surface area contributed by atoms with Gasteiger partial charge in [-0.2, -0.15) is 10.4 Å². The van der Waals surface area contributed by atoms with Gasteiger partial charge in [0.15, 0.2) is 5.69 Å². The SMILES string of the molecule is CN[C@@H](C)C(=O)C[C@H](C(=O)N1CCC[C@H]1Cn1nc(C#N)c2cc(C)ccc21)C1CCCCC1. The second-order valence-corrected chi connectivity index (χ2v) is 10.2. The number of aryl methyl sites for hydroxylation is 1. The van der Waals surface area contributed by atoms with Crippen LogP contribution in [0.15, 0.2) is 18.2 Å². The smallest absolute Gasteiger partial charge is 0.226 e. The molecule has 34 heavy (non-hydrogen) atoms. The molecule has 0 radical (unpaired) electrons. The summed E-state index contributed by atoms with van der Waals surface area (Å²) < 4.78 is 1.90. The van der Waals surface area contributed by atoms with Crippen molar-refractivity contribution in [3.8, 4) is 6.07 Å². The lowest BCUT2D eigenvalue weighted by Gasteiger charge is -2.35. The molecule has 1 saturated carbocycles. The van der Waals surface area contributed by atoms with E-state index in [1.165, 1.54) is 6.42 Å². The Morgan fingerprint density at radius 2 is 1.97 bits per heavy atom. The van der Waals surface area contributed by atoms with Gasteiger partial charge in [0.05, 0.1) is 24.1 Å². The number of hydrogen-bond acceptors (Lipinski definition) is 5. The van der Waals surface area contributed by atoms with E-state index in [2.05, 4.69) is 16.5 Å². The zero-order valence-electron chi connectivity index (χ0n) is 20.7. The van der Waals surface area contributed by atoms with Crippen molar-refractivity contribution < 1.29 is 9.59 Å². The van der Waals surface area contributed by atoms with Crippen LogP contribution in [0.2, 0.25) is 0 Å². The molecule has 7 nitrogen and oxygen atoms in total. The number of nitriles is 1. The minimum Gasteiger partial charge on any atom is -0.338 e. The number of carbonyl (C=O) groups is 2. The summed E-state index contributed by atoms with van der Waals surface area (Å²) in [4.78, 5) is 28.8. The lowest BCUT2D eigenvalue weighted by atomic mass is 9.76. The van der Waals surface area contributed by atoms with E-state index in [1.54, 1.807) is 7.05 Å². The number of likely N-dealkylation sites (tertiary alicyclic amines) is 1. The van der Waals surface area contributed by atoms with Crippen molar-refractivity contribution in [1.82, 2.24) is 20.0 Å². The number of aromatic nitrogens is 2. The van der Waals surface area contributed by atoms with E-state index in [9.17, 15) is 14.9 Å². The summed E-state index contributed by atoms with van der Waals surface area (Å²) in [6.07, 6.45) is 7.76. The molecule has 1 N–H and O–H groups in total. The third kappa shape index (κ3) is 5.02. The number of likely N-dealkylation sites (N-methyl/N-ethyl adjacent to an activating group) is 1. The Balaban J connectivity index is 1.57. The van der Waals surface area contributed by atoms with E-state index >= 15 is 0 Å². The monoisotopic (exact) mass is 463 g/mol. The van der Waals surface area contributed by atoms with Crippen molar-refractivity contribution in [2.24, 2.45) is 11.8 Å². The highest BCUT2D eigenvalue weighted by atomic mass is 16.2. The van der Waals surface area contributed by atoms with Gasteiger partial charge in [0.25, 0.3) is 0 Å². The zero-order chi connectivity index (χ0) is 24.2. The van der Waals surface area contributed by atoms with Crippen molar-refractivity contribution in [3.63, 3.8) is 0 Å². The highest BCUT2D eigenvalue weighted by molar-refractivity contribution is 5.90. The maximum atomic E-state index is 13.9. The van der Waals surface area contributed by atoms with Crippen LogP contribution in [0, 0.1) is 30.1 Å². The van der Waals surface area contributed by atoms with E-state index in [1.807, 2.05) is 41.6 Å². The van der Waals surface area contributed by atoms with E-state index < -0.39 is 0 Å². The van der Waals surface area contributed by atoms with Crippen molar-refractivity contribution in [2.75, 3.05) is 13.6 Å².